The Kier molecular flexibility index (Phi) is 5.23. The minimum Gasteiger partial charge on any atom is -0.394 e. The average Bonchev–Trinajstić information content (AvgIpc) is 2.70. The number of aliphatic hydroxyl groups excluding tert-OH is 1. The van der Waals surface area contributed by atoms with Crippen molar-refractivity contribution in [1.82, 2.24) is 9.21 Å². The number of benzene rings is 2. The van der Waals surface area contributed by atoms with E-state index in [1.54, 1.807) is 11.8 Å². The van der Waals surface area contributed by atoms with E-state index in [0.29, 0.717) is 0 Å². The summed E-state index contributed by atoms with van der Waals surface area (Å²) in [5.41, 5.74) is 4.45. The van der Waals surface area contributed by atoms with Gasteiger partial charge in [0.15, 0.2) is 0 Å². The number of hydrogen-bond donors (Lipinski definition) is 1. The maximum atomic E-state index is 12.6. The molecule has 1 amide bonds. The number of sulfonamides is 1. The highest BCUT2D eigenvalue weighted by Crippen LogP contribution is 2.43. The Hall–Kier alpha value is -2.22. The van der Waals surface area contributed by atoms with Gasteiger partial charge in [0.1, 0.15) is 0 Å². The summed E-state index contributed by atoms with van der Waals surface area (Å²) in [5, 5.41) is 9.88. The third-order valence-electron chi connectivity index (χ3n) is 6.16. The highest BCUT2D eigenvalue weighted by Gasteiger charge is 2.55. The molecule has 2 saturated heterocycles. The van der Waals surface area contributed by atoms with Gasteiger partial charge in [-0.05, 0) is 30.5 Å². The molecular weight excluding hydrogens is 388 g/mol. The first kappa shape index (κ1) is 20.1. The third kappa shape index (κ3) is 3.47. The molecule has 2 aromatic rings. The largest absolute Gasteiger partial charge is 0.394 e. The first-order valence-electron chi connectivity index (χ1n) is 9.92. The number of aryl methyl sites for hydroxylation is 1. The van der Waals surface area contributed by atoms with Crippen LogP contribution in [0.15, 0.2) is 48.5 Å². The number of carbonyl (C=O) groups excluding carboxylic acids is 1. The number of hydrogen-bond acceptors (Lipinski definition) is 4. The fourth-order valence-corrected chi connectivity index (χ4v) is 5.56. The third-order valence-corrected chi connectivity index (χ3v) is 7.95. The van der Waals surface area contributed by atoms with Gasteiger partial charge in [-0.15, -0.1) is 0 Å². The van der Waals surface area contributed by atoms with Gasteiger partial charge in [0.2, 0.25) is 15.9 Å². The van der Waals surface area contributed by atoms with Crippen LogP contribution in [0.5, 0.6) is 0 Å². The summed E-state index contributed by atoms with van der Waals surface area (Å²) in [6, 6.07) is 15.9. The van der Waals surface area contributed by atoms with E-state index >= 15 is 0 Å². The summed E-state index contributed by atoms with van der Waals surface area (Å²) in [6.07, 6.45) is 0. The normalized spacial score (nSPS) is 24.9. The van der Waals surface area contributed by atoms with E-state index in [9.17, 15) is 18.3 Å². The standard InChI is InChI=1S/C22H26N2O4S/c1-3-29(27,28)23-12-19-22(20(14-25)24(19)21(26)13-23)18-10-8-17(9-11-18)16-6-4-15(2)5-7-16/h4-11,19-20,22,25H,3,12-14H2,1-2H3/t19-,20+,22+/m0/s1. The lowest BCUT2D eigenvalue weighted by atomic mass is 9.74. The van der Waals surface area contributed by atoms with Crippen LogP contribution in [0.1, 0.15) is 24.0 Å². The van der Waals surface area contributed by atoms with Gasteiger partial charge >= 0.3 is 0 Å². The Bertz CT molecular complexity index is 1000. The Morgan fingerprint density at radius 1 is 1.03 bits per heavy atom. The van der Waals surface area contributed by atoms with Gasteiger partial charge < -0.3 is 10.0 Å². The van der Waals surface area contributed by atoms with Crippen LogP contribution in [-0.4, -0.2) is 66.2 Å². The van der Waals surface area contributed by atoms with Crippen LogP contribution < -0.4 is 0 Å². The number of amides is 1. The second-order valence-electron chi connectivity index (χ2n) is 7.83. The summed E-state index contributed by atoms with van der Waals surface area (Å²) in [7, 11) is -3.43. The van der Waals surface area contributed by atoms with Crippen LogP contribution in [0.2, 0.25) is 0 Å². The summed E-state index contributed by atoms with van der Waals surface area (Å²) in [6.45, 7) is 3.65. The quantitative estimate of drug-likeness (QED) is 0.812. The number of nitrogens with zero attached hydrogens (tertiary/aromatic N) is 2. The maximum Gasteiger partial charge on any atom is 0.238 e. The fourth-order valence-electron chi connectivity index (χ4n) is 4.51. The molecule has 6 nitrogen and oxygen atoms in total. The van der Waals surface area contributed by atoms with Gasteiger partial charge in [-0.3, -0.25) is 4.79 Å². The van der Waals surface area contributed by atoms with Crippen LogP contribution in [0.4, 0.5) is 0 Å². The van der Waals surface area contributed by atoms with E-state index in [2.05, 4.69) is 31.2 Å². The molecule has 0 aromatic heterocycles. The van der Waals surface area contributed by atoms with Crippen molar-refractivity contribution in [3.63, 3.8) is 0 Å². The molecule has 2 heterocycles. The smallest absolute Gasteiger partial charge is 0.238 e. The van der Waals surface area contributed by atoms with Gasteiger partial charge in [0, 0.05) is 12.5 Å². The summed E-state index contributed by atoms with van der Waals surface area (Å²) in [4.78, 5) is 14.2. The molecule has 0 aliphatic carbocycles. The average molecular weight is 415 g/mol. The number of carbonyl (C=O) groups is 1. The fraction of sp³-hybridized carbons (Fsp3) is 0.409. The second-order valence-corrected chi connectivity index (χ2v) is 10.1. The summed E-state index contributed by atoms with van der Waals surface area (Å²) >= 11 is 0. The van der Waals surface area contributed by atoms with Crippen molar-refractivity contribution in [2.75, 3.05) is 25.4 Å². The molecule has 2 aliphatic heterocycles. The molecule has 29 heavy (non-hydrogen) atoms. The van der Waals surface area contributed by atoms with Crippen molar-refractivity contribution in [3.8, 4) is 11.1 Å². The molecule has 0 bridgehead atoms. The second kappa shape index (κ2) is 7.55. The number of aliphatic hydroxyl groups is 1. The lowest BCUT2D eigenvalue weighted by Gasteiger charge is -2.58. The predicted octanol–water partition coefficient (Wildman–Crippen LogP) is 1.98. The first-order chi connectivity index (χ1) is 13.9. The van der Waals surface area contributed by atoms with Gasteiger partial charge in [-0.25, -0.2) is 8.42 Å². The molecule has 154 valence electrons. The monoisotopic (exact) mass is 414 g/mol. The highest BCUT2D eigenvalue weighted by molar-refractivity contribution is 7.89. The van der Waals surface area contributed by atoms with E-state index < -0.39 is 10.0 Å². The SMILES string of the molecule is CCS(=O)(=O)N1CC(=O)N2[C@H](CO)[C@H](c3ccc(-c4ccc(C)cc4)cc3)[C@@H]2C1. The molecular formula is C22H26N2O4S. The number of fused-ring (bicyclic) bond motifs is 1. The van der Waals surface area contributed by atoms with Crippen LogP contribution in [0, 0.1) is 6.92 Å². The topological polar surface area (TPSA) is 77.9 Å². The minimum atomic E-state index is -3.43. The van der Waals surface area contributed by atoms with E-state index in [4.69, 9.17) is 0 Å². The molecule has 4 rings (SSSR count). The maximum absolute atomic E-state index is 12.6. The highest BCUT2D eigenvalue weighted by atomic mass is 32.2. The molecule has 0 spiro atoms. The number of piperazine rings is 1. The van der Waals surface area contributed by atoms with Crippen molar-refractivity contribution in [1.29, 1.82) is 0 Å². The zero-order valence-electron chi connectivity index (χ0n) is 16.7. The van der Waals surface area contributed by atoms with Gasteiger partial charge in [-0.2, -0.15) is 4.31 Å². The number of rotatable bonds is 5. The van der Waals surface area contributed by atoms with Gasteiger partial charge in [-0.1, -0.05) is 54.1 Å². The first-order valence-corrected chi connectivity index (χ1v) is 11.5. The summed E-state index contributed by atoms with van der Waals surface area (Å²) in [5.74, 6) is -0.331. The molecule has 2 aliphatic rings. The zero-order chi connectivity index (χ0) is 20.8. The van der Waals surface area contributed by atoms with Crippen molar-refractivity contribution >= 4 is 15.9 Å². The predicted molar refractivity (Wildman–Crippen MR) is 112 cm³/mol. The van der Waals surface area contributed by atoms with E-state index in [0.717, 1.165) is 16.7 Å². The zero-order valence-corrected chi connectivity index (χ0v) is 17.5. The minimum absolute atomic E-state index is 0.0215. The van der Waals surface area contributed by atoms with E-state index in [1.165, 1.54) is 9.87 Å². The molecule has 7 heteroatoms. The van der Waals surface area contributed by atoms with Gasteiger partial charge in [0.05, 0.1) is 31.0 Å². The Labute approximate surface area is 171 Å². The molecule has 0 radical (unpaired) electrons. The van der Waals surface area contributed by atoms with Crippen molar-refractivity contribution in [2.45, 2.75) is 31.8 Å². The lowest BCUT2D eigenvalue weighted by Crippen LogP contribution is -2.73. The van der Waals surface area contributed by atoms with Gasteiger partial charge in [0.25, 0.3) is 0 Å². The molecule has 2 aromatic carbocycles. The summed E-state index contributed by atoms with van der Waals surface area (Å²) < 4.78 is 25.9. The molecule has 2 fully saturated rings. The lowest BCUT2D eigenvalue weighted by molar-refractivity contribution is -0.158. The van der Waals surface area contributed by atoms with Crippen molar-refractivity contribution in [3.05, 3.63) is 59.7 Å². The van der Waals surface area contributed by atoms with Crippen LogP contribution in [0.25, 0.3) is 11.1 Å². The molecule has 0 saturated carbocycles. The Morgan fingerprint density at radius 3 is 2.17 bits per heavy atom. The van der Waals surface area contributed by atoms with E-state index in [1.807, 2.05) is 24.3 Å². The molecule has 0 unspecified atom stereocenters. The van der Waals surface area contributed by atoms with Crippen molar-refractivity contribution in [2.24, 2.45) is 0 Å². The van der Waals surface area contributed by atoms with Crippen LogP contribution in [-0.2, 0) is 14.8 Å². The molecule has 1 N–H and O–H groups in total. The Morgan fingerprint density at radius 2 is 1.62 bits per heavy atom. The molecule has 3 atom stereocenters. The van der Waals surface area contributed by atoms with Crippen LogP contribution >= 0.6 is 0 Å². The van der Waals surface area contributed by atoms with Crippen molar-refractivity contribution < 1.29 is 18.3 Å². The Balaban J connectivity index is 1.60. The van der Waals surface area contributed by atoms with E-state index in [-0.39, 0.29) is 49.4 Å². The van der Waals surface area contributed by atoms with Crippen LogP contribution in [0.3, 0.4) is 0 Å².